The Kier molecular flexibility index (Phi) is 6.07. The molecule has 3 aromatic rings. The average molecular weight is 375 g/mol. The molecule has 0 saturated carbocycles. The van der Waals surface area contributed by atoms with Crippen LogP contribution in [0.4, 0.5) is 5.69 Å². The number of rotatable bonds is 7. The monoisotopic (exact) mass is 375 g/mol. The van der Waals surface area contributed by atoms with E-state index in [4.69, 9.17) is 9.47 Å². The highest BCUT2D eigenvalue weighted by atomic mass is 16.5. The van der Waals surface area contributed by atoms with Crippen LogP contribution >= 0.6 is 0 Å². The van der Waals surface area contributed by atoms with Gasteiger partial charge in [-0.25, -0.2) is 0 Å². The first-order valence-electron chi connectivity index (χ1n) is 8.88. The minimum atomic E-state index is -0.611. The molecule has 0 saturated heterocycles. The molecule has 0 heterocycles. The topological polar surface area (TPSA) is 64.6 Å². The average Bonchev–Trinajstić information content (AvgIpc) is 2.75. The fourth-order valence-corrected chi connectivity index (χ4v) is 2.68. The highest BCUT2D eigenvalue weighted by Gasteiger charge is 2.16. The molecule has 0 aliphatic carbocycles. The minimum absolute atomic E-state index is 0.0870. The van der Waals surface area contributed by atoms with Crippen LogP contribution in [0, 0.1) is 0 Å². The van der Waals surface area contributed by atoms with E-state index in [-0.39, 0.29) is 11.7 Å². The number of hydrogen-bond acceptors (Lipinski definition) is 4. The molecule has 1 unspecified atom stereocenters. The van der Waals surface area contributed by atoms with Gasteiger partial charge >= 0.3 is 0 Å². The molecule has 5 heteroatoms. The number of methoxy groups -OCH3 is 1. The summed E-state index contributed by atoms with van der Waals surface area (Å²) in [5.41, 5.74) is 1.74. The molecule has 0 aliphatic rings. The maximum atomic E-state index is 12.4. The van der Waals surface area contributed by atoms with E-state index in [0.29, 0.717) is 28.3 Å². The van der Waals surface area contributed by atoms with Crippen molar-refractivity contribution in [3.05, 3.63) is 90.0 Å². The van der Waals surface area contributed by atoms with Gasteiger partial charge in [-0.05, 0) is 49.4 Å². The third-order valence-electron chi connectivity index (χ3n) is 4.18. The number of hydrogen-bond donors (Lipinski definition) is 1. The third kappa shape index (κ3) is 4.76. The van der Waals surface area contributed by atoms with Crippen molar-refractivity contribution in [1.29, 1.82) is 0 Å². The summed E-state index contributed by atoms with van der Waals surface area (Å²) in [7, 11) is 1.55. The van der Waals surface area contributed by atoms with Crippen LogP contribution in [0.1, 0.15) is 27.6 Å². The zero-order chi connectivity index (χ0) is 19.9. The Morgan fingerprint density at radius 3 is 2.18 bits per heavy atom. The lowest BCUT2D eigenvalue weighted by molar-refractivity contribution is 0.0818. The van der Waals surface area contributed by atoms with Crippen molar-refractivity contribution in [2.75, 3.05) is 12.4 Å². The molecular weight excluding hydrogens is 354 g/mol. The second kappa shape index (κ2) is 8.86. The number of benzene rings is 3. The Morgan fingerprint density at radius 1 is 0.821 bits per heavy atom. The molecule has 0 aromatic heterocycles. The lowest BCUT2D eigenvalue weighted by Gasteiger charge is -2.14. The van der Waals surface area contributed by atoms with Crippen molar-refractivity contribution in [3.8, 4) is 11.5 Å². The fourth-order valence-electron chi connectivity index (χ4n) is 2.68. The van der Waals surface area contributed by atoms with E-state index >= 15 is 0 Å². The van der Waals surface area contributed by atoms with Crippen molar-refractivity contribution in [2.24, 2.45) is 0 Å². The van der Waals surface area contributed by atoms with E-state index < -0.39 is 6.10 Å². The molecule has 0 radical (unpaired) electrons. The van der Waals surface area contributed by atoms with Crippen LogP contribution in [0.25, 0.3) is 0 Å². The maximum Gasteiger partial charge on any atom is 0.255 e. The summed E-state index contributed by atoms with van der Waals surface area (Å²) in [4.78, 5) is 24.7. The molecule has 28 heavy (non-hydrogen) atoms. The zero-order valence-corrected chi connectivity index (χ0v) is 15.7. The van der Waals surface area contributed by atoms with Crippen molar-refractivity contribution in [2.45, 2.75) is 13.0 Å². The van der Waals surface area contributed by atoms with Crippen molar-refractivity contribution >= 4 is 17.4 Å². The maximum absolute atomic E-state index is 12.4. The van der Waals surface area contributed by atoms with Gasteiger partial charge in [0.2, 0.25) is 5.78 Å². The minimum Gasteiger partial charge on any atom is -0.497 e. The second-order valence-corrected chi connectivity index (χ2v) is 6.20. The van der Waals surface area contributed by atoms with Crippen LogP contribution in [0.15, 0.2) is 78.9 Å². The van der Waals surface area contributed by atoms with Crippen LogP contribution < -0.4 is 14.8 Å². The Hall–Kier alpha value is -3.60. The third-order valence-corrected chi connectivity index (χ3v) is 4.18. The standard InChI is InChI=1S/C23H21NO4/c1-16(22(25)17-7-4-3-5-8-17)28-20-13-11-19(12-14-20)24-23(26)18-9-6-10-21(15-18)27-2/h3-16H,1-2H3,(H,24,26). The Labute approximate surface area is 163 Å². The summed E-state index contributed by atoms with van der Waals surface area (Å²) in [5, 5.41) is 2.82. The summed E-state index contributed by atoms with van der Waals surface area (Å²) in [6, 6.07) is 22.8. The lowest BCUT2D eigenvalue weighted by atomic mass is 10.1. The van der Waals surface area contributed by atoms with Crippen molar-refractivity contribution in [1.82, 2.24) is 0 Å². The number of anilines is 1. The quantitative estimate of drug-likeness (QED) is 0.613. The number of ketones is 1. The summed E-state index contributed by atoms with van der Waals surface area (Å²) >= 11 is 0. The number of Topliss-reactive ketones (excluding diaryl/α,β-unsaturated/α-hetero) is 1. The molecule has 0 fully saturated rings. The lowest BCUT2D eigenvalue weighted by Crippen LogP contribution is -2.23. The first-order chi connectivity index (χ1) is 13.6. The van der Waals surface area contributed by atoms with Gasteiger partial charge in [-0.3, -0.25) is 9.59 Å². The van der Waals surface area contributed by atoms with Gasteiger partial charge in [0.05, 0.1) is 7.11 Å². The first-order valence-corrected chi connectivity index (χ1v) is 8.88. The summed E-state index contributed by atoms with van der Waals surface area (Å²) in [6.07, 6.45) is -0.611. The highest BCUT2D eigenvalue weighted by Crippen LogP contribution is 2.20. The first kappa shape index (κ1) is 19.2. The van der Waals surface area contributed by atoms with E-state index in [2.05, 4.69) is 5.32 Å². The normalized spacial score (nSPS) is 11.4. The number of nitrogens with one attached hydrogen (secondary N) is 1. The smallest absolute Gasteiger partial charge is 0.255 e. The van der Waals surface area contributed by atoms with E-state index in [1.54, 1.807) is 74.7 Å². The Morgan fingerprint density at radius 2 is 1.50 bits per heavy atom. The van der Waals surface area contributed by atoms with Gasteiger partial charge in [0.25, 0.3) is 5.91 Å². The van der Waals surface area contributed by atoms with Crippen LogP contribution in [0.3, 0.4) is 0 Å². The molecule has 1 N–H and O–H groups in total. The van der Waals surface area contributed by atoms with Gasteiger partial charge in [0.15, 0.2) is 6.10 Å². The number of carbonyl (C=O) groups excluding carboxylic acids is 2. The summed E-state index contributed by atoms with van der Waals surface area (Å²) in [6.45, 7) is 1.72. The molecule has 5 nitrogen and oxygen atoms in total. The molecule has 1 amide bonds. The molecule has 142 valence electrons. The van der Waals surface area contributed by atoms with Gasteiger partial charge < -0.3 is 14.8 Å². The molecule has 3 aromatic carbocycles. The number of amides is 1. The van der Waals surface area contributed by atoms with E-state index in [1.807, 2.05) is 18.2 Å². The van der Waals surface area contributed by atoms with E-state index in [1.165, 1.54) is 0 Å². The van der Waals surface area contributed by atoms with Crippen LogP contribution in [-0.2, 0) is 0 Å². The molecule has 3 rings (SSSR count). The van der Waals surface area contributed by atoms with Crippen LogP contribution in [-0.4, -0.2) is 24.9 Å². The SMILES string of the molecule is COc1cccc(C(=O)Nc2ccc(OC(C)C(=O)c3ccccc3)cc2)c1. The van der Waals surface area contributed by atoms with E-state index in [9.17, 15) is 9.59 Å². The highest BCUT2D eigenvalue weighted by molar-refractivity contribution is 6.04. The van der Waals surface area contributed by atoms with Gasteiger partial charge in [-0.2, -0.15) is 0 Å². The summed E-state index contributed by atoms with van der Waals surface area (Å²) in [5.74, 6) is 0.848. The van der Waals surface area contributed by atoms with Crippen LogP contribution in [0.5, 0.6) is 11.5 Å². The predicted molar refractivity (Wildman–Crippen MR) is 108 cm³/mol. The molecule has 1 atom stereocenters. The predicted octanol–water partition coefficient (Wildman–Crippen LogP) is 4.60. The molecular formula is C23H21NO4. The van der Waals surface area contributed by atoms with Gasteiger partial charge in [0, 0.05) is 16.8 Å². The molecule has 0 aliphatic heterocycles. The largest absolute Gasteiger partial charge is 0.497 e. The molecule has 0 bridgehead atoms. The number of carbonyl (C=O) groups is 2. The Balaban J connectivity index is 1.61. The molecule has 0 spiro atoms. The van der Waals surface area contributed by atoms with Crippen molar-refractivity contribution < 1.29 is 19.1 Å². The second-order valence-electron chi connectivity index (χ2n) is 6.20. The van der Waals surface area contributed by atoms with Crippen molar-refractivity contribution in [3.63, 3.8) is 0 Å². The summed E-state index contributed by atoms with van der Waals surface area (Å²) < 4.78 is 10.9. The van der Waals surface area contributed by atoms with E-state index in [0.717, 1.165) is 0 Å². The van der Waals surface area contributed by atoms with Crippen LogP contribution in [0.2, 0.25) is 0 Å². The Bertz CT molecular complexity index is 952. The number of ether oxygens (including phenoxy) is 2. The van der Waals surface area contributed by atoms with Gasteiger partial charge in [0.1, 0.15) is 11.5 Å². The fraction of sp³-hybridized carbons (Fsp3) is 0.130. The van der Waals surface area contributed by atoms with Gasteiger partial charge in [-0.15, -0.1) is 0 Å². The van der Waals surface area contributed by atoms with Gasteiger partial charge in [-0.1, -0.05) is 36.4 Å². The zero-order valence-electron chi connectivity index (χ0n) is 15.7.